The molecule has 1 aromatic rings. The van der Waals surface area contributed by atoms with E-state index in [9.17, 15) is 4.79 Å². The van der Waals surface area contributed by atoms with Crippen molar-refractivity contribution >= 4 is 23.3 Å². The highest BCUT2D eigenvalue weighted by molar-refractivity contribution is 7.80. The molecule has 1 unspecified atom stereocenters. The van der Waals surface area contributed by atoms with E-state index < -0.39 is 17.6 Å². The van der Waals surface area contributed by atoms with E-state index in [2.05, 4.69) is 10.6 Å². The molecule has 1 heterocycles. The number of allylic oxidation sites excluding steroid dienone is 1. The monoisotopic (exact) mass is 364 g/mol. The van der Waals surface area contributed by atoms with Crippen LogP contribution in [0.2, 0.25) is 0 Å². The summed E-state index contributed by atoms with van der Waals surface area (Å²) in [6.45, 7) is 7.29. The third-order valence-electron chi connectivity index (χ3n) is 3.64. The predicted molar refractivity (Wildman–Crippen MR) is 99.7 cm³/mol. The van der Waals surface area contributed by atoms with Crippen molar-refractivity contribution in [3.63, 3.8) is 0 Å². The number of carbonyl (C=O) groups excluding carboxylic acids is 1. The van der Waals surface area contributed by atoms with Crippen LogP contribution in [0.3, 0.4) is 0 Å². The summed E-state index contributed by atoms with van der Waals surface area (Å²) in [7, 11) is 3.16. The standard InChI is InChI=1S/C18H24N2O4S/c1-10-14(16(21)24-18(2,3)4)15(20-17(25)19-10)12-9-11(22-5)7-8-13(12)23-6/h7-9,15H,1-6H3,(H2,19,20,25). The lowest BCUT2D eigenvalue weighted by molar-refractivity contribution is -0.150. The smallest absolute Gasteiger partial charge is 0.338 e. The molecule has 1 aliphatic rings. The second-order valence-electron chi connectivity index (χ2n) is 6.68. The quantitative estimate of drug-likeness (QED) is 0.629. The van der Waals surface area contributed by atoms with Crippen molar-refractivity contribution in [2.45, 2.75) is 39.3 Å². The van der Waals surface area contributed by atoms with Crippen molar-refractivity contribution in [1.29, 1.82) is 0 Å². The molecular weight excluding hydrogens is 340 g/mol. The molecule has 1 aromatic carbocycles. The average molecular weight is 364 g/mol. The van der Waals surface area contributed by atoms with Gasteiger partial charge in [-0.05, 0) is 58.1 Å². The lowest BCUT2D eigenvalue weighted by Gasteiger charge is -2.32. The molecule has 0 amide bonds. The molecule has 0 saturated heterocycles. The Morgan fingerprint density at radius 1 is 1.20 bits per heavy atom. The fourth-order valence-electron chi connectivity index (χ4n) is 2.60. The van der Waals surface area contributed by atoms with Crippen molar-refractivity contribution in [2.75, 3.05) is 14.2 Å². The van der Waals surface area contributed by atoms with Crippen molar-refractivity contribution in [1.82, 2.24) is 10.6 Å². The molecule has 0 bridgehead atoms. The first-order valence-electron chi connectivity index (χ1n) is 7.90. The predicted octanol–water partition coefficient (Wildman–Crippen LogP) is 2.84. The van der Waals surface area contributed by atoms with Crippen LogP contribution < -0.4 is 20.1 Å². The zero-order chi connectivity index (χ0) is 18.8. The van der Waals surface area contributed by atoms with E-state index in [1.807, 2.05) is 26.8 Å². The minimum Gasteiger partial charge on any atom is -0.497 e. The van der Waals surface area contributed by atoms with Crippen LogP contribution in [0.1, 0.15) is 39.3 Å². The van der Waals surface area contributed by atoms with E-state index in [0.29, 0.717) is 27.9 Å². The number of hydrogen-bond acceptors (Lipinski definition) is 5. The van der Waals surface area contributed by atoms with Gasteiger partial charge in [-0.3, -0.25) is 0 Å². The molecule has 1 atom stereocenters. The van der Waals surface area contributed by atoms with Crippen LogP contribution in [0, 0.1) is 0 Å². The lowest BCUT2D eigenvalue weighted by atomic mass is 9.94. The highest BCUT2D eigenvalue weighted by atomic mass is 32.1. The van der Waals surface area contributed by atoms with Crippen molar-refractivity contribution < 1.29 is 19.0 Å². The normalized spacial score (nSPS) is 17.5. The van der Waals surface area contributed by atoms with Crippen molar-refractivity contribution in [3.8, 4) is 11.5 Å². The summed E-state index contributed by atoms with van der Waals surface area (Å²) in [5.74, 6) is 0.863. The highest BCUT2D eigenvalue weighted by Crippen LogP contribution is 2.36. The average Bonchev–Trinajstić information content (AvgIpc) is 2.51. The first-order chi connectivity index (χ1) is 11.7. The molecule has 2 rings (SSSR count). The summed E-state index contributed by atoms with van der Waals surface area (Å²) in [6.07, 6.45) is 0. The van der Waals surface area contributed by atoms with Gasteiger partial charge in [-0.15, -0.1) is 0 Å². The molecule has 0 aromatic heterocycles. The molecule has 0 radical (unpaired) electrons. The minimum atomic E-state index is -0.606. The topological polar surface area (TPSA) is 68.8 Å². The van der Waals surface area contributed by atoms with E-state index in [1.54, 1.807) is 33.3 Å². The Bertz CT molecular complexity index is 722. The van der Waals surface area contributed by atoms with Crippen LogP contribution in [0.5, 0.6) is 11.5 Å². The molecule has 0 fully saturated rings. The van der Waals surface area contributed by atoms with Gasteiger partial charge in [0.1, 0.15) is 17.1 Å². The van der Waals surface area contributed by atoms with Crippen LogP contribution in [-0.4, -0.2) is 30.9 Å². The number of carbonyl (C=O) groups is 1. The third-order valence-corrected chi connectivity index (χ3v) is 3.86. The Labute approximate surface area is 153 Å². The van der Waals surface area contributed by atoms with Gasteiger partial charge in [0, 0.05) is 11.3 Å². The second-order valence-corrected chi connectivity index (χ2v) is 7.09. The number of ether oxygens (including phenoxy) is 3. The Kier molecular flexibility index (Phi) is 5.57. The van der Waals surface area contributed by atoms with Gasteiger partial charge >= 0.3 is 5.97 Å². The van der Waals surface area contributed by atoms with Crippen LogP contribution in [0.4, 0.5) is 0 Å². The number of hydrogen-bond donors (Lipinski definition) is 2. The van der Waals surface area contributed by atoms with Crippen molar-refractivity contribution in [2.24, 2.45) is 0 Å². The van der Waals surface area contributed by atoms with Crippen LogP contribution in [0.15, 0.2) is 29.5 Å². The summed E-state index contributed by atoms with van der Waals surface area (Å²) in [5.41, 5.74) is 1.24. The van der Waals surface area contributed by atoms with Crippen molar-refractivity contribution in [3.05, 3.63) is 35.0 Å². The lowest BCUT2D eigenvalue weighted by Crippen LogP contribution is -2.46. The Morgan fingerprint density at radius 2 is 1.88 bits per heavy atom. The van der Waals surface area contributed by atoms with Gasteiger partial charge in [-0.1, -0.05) is 0 Å². The van der Waals surface area contributed by atoms with Gasteiger partial charge in [0.2, 0.25) is 0 Å². The number of esters is 1. The second kappa shape index (κ2) is 7.31. The molecule has 0 spiro atoms. The molecule has 2 N–H and O–H groups in total. The third kappa shape index (κ3) is 4.42. The van der Waals surface area contributed by atoms with E-state index in [-0.39, 0.29) is 0 Å². The molecule has 1 aliphatic heterocycles. The van der Waals surface area contributed by atoms with Gasteiger partial charge < -0.3 is 24.8 Å². The summed E-state index contributed by atoms with van der Waals surface area (Å²) >= 11 is 5.27. The number of methoxy groups -OCH3 is 2. The summed E-state index contributed by atoms with van der Waals surface area (Å²) in [6, 6.07) is 4.91. The number of thiocarbonyl (C=S) groups is 1. The first-order valence-corrected chi connectivity index (χ1v) is 8.30. The molecule has 0 aliphatic carbocycles. The number of benzene rings is 1. The van der Waals surface area contributed by atoms with Gasteiger partial charge in [0.15, 0.2) is 5.11 Å². The Morgan fingerprint density at radius 3 is 2.44 bits per heavy atom. The van der Waals surface area contributed by atoms with E-state index in [0.717, 1.165) is 5.56 Å². The van der Waals surface area contributed by atoms with Gasteiger partial charge in [0.25, 0.3) is 0 Å². The highest BCUT2D eigenvalue weighted by Gasteiger charge is 2.34. The van der Waals surface area contributed by atoms with E-state index in [1.165, 1.54) is 0 Å². The van der Waals surface area contributed by atoms with E-state index >= 15 is 0 Å². The van der Waals surface area contributed by atoms with E-state index in [4.69, 9.17) is 26.4 Å². The molecule has 136 valence electrons. The summed E-state index contributed by atoms with van der Waals surface area (Å²) in [4.78, 5) is 12.8. The molecule has 7 heteroatoms. The minimum absolute atomic E-state index is 0.414. The summed E-state index contributed by atoms with van der Waals surface area (Å²) < 4.78 is 16.3. The van der Waals surface area contributed by atoms with Crippen LogP contribution in [0.25, 0.3) is 0 Å². The molecular formula is C18H24N2O4S. The number of nitrogens with one attached hydrogen (secondary N) is 2. The van der Waals surface area contributed by atoms with Gasteiger partial charge in [0.05, 0.1) is 25.8 Å². The zero-order valence-electron chi connectivity index (χ0n) is 15.4. The first kappa shape index (κ1) is 19.1. The maximum absolute atomic E-state index is 12.8. The maximum Gasteiger partial charge on any atom is 0.338 e. The Balaban J connectivity index is 2.55. The summed E-state index contributed by atoms with van der Waals surface area (Å²) in [5, 5.41) is 6.55. The largest absolute Gasteiger partial charge is 0.497 e. The zero-order valence-corrected chi connectivity index (χ0v) is 16.2. The fraction of sp³-hybridized carbons (Fsp3) is 0.444. The van der Waals surface area contributed by atoms with Crippen LogP contribution >= 0.6 is 12.2 Å². The maximum atomic E-state index is 12.8. The van der Waals surface area contributed by atoms with Gasteiger partial charge in [-0.25, -0.2) is 4.79 Å². The molecule has 25 heavy (non-hydrogen) atoms. The molecule has 6 nitrogen and oxygen atoms in total. The Hall–Kier alpha value is -2.28. The van der Waals surface area contributed by atoms with Crippen LogP contribution in [-0.2, 0) is 9.53 Å². The van der Waals surface area contributed by atoms with Gasteiger partial charge in [-0.2, -0.15) is 0 Å². The fourth-order valence-corrected chi connectivity index (χ4v) is 2.87. The SMILES string of the molecule is COc1ccc(OC)c(C2NC(=S)NC(C)=C2C(=O)OC(C)(C)C)c1. The molecule has 0 saturated carbocycles. The number of rotatable bonds is 4.